The van der Waals surface area contributed by atoms with Crippen LogP contribution in [0.25, 0.3) is 0 Å². The molecule has 0 radical (unpaired) electrons. The van der Waals surface area contributed by atoms with E-state index in [-0.39, 0.29) is 5.91 Å². The van der Waals surface area contributed by atoms with Crippen LogP contribution in [0.3, 0.4) is 0 Å². The number of nitrogens with one attached hydrogen (secondary N) is 1. The SMILES string of the molecule is COc1ccc(Cl)cc1NC(=O)C1CCC(C)CC1C(=O)O. The number of hydrogen-bond donors (Lipinski definition) is 2. The largest absolute Gasteiger partial charge is 0.495 e. The summed E-state index contributed by atoms with van der Waals surface area (Å²) < 4.78 is 5.19. The van der Waals surface area contributed by atoms with Crippen molar-refractivity contribution in [2.24, 2.45) is 17.8 Å². The molecule has 0 spiro atoms. The van der Waals surface area contributed by atoms with Crippen LogP contribution in [0.15, 0.2) is 18.2 Å². The van der Waals surface area contributed by atoms with E-state index in [0.717, 1.165) is 6.42 Å². The Kier molecular flexibility index (Phi) is 5.29. The van der Waals surface area contributed by atoms with Crippen molar-refractivity contribution >= 4 is 29.2 Å². The van der Waals surface area contributed by atoms with E-state index in [1.165, 1.54) is 7.11 Å². The topological polar surface area (TPSA) is 75.6 Å². The minimum absolute atomic E-state index is 0.292. The summed E-state index contributed by atoms with van der Waals surface area (Å²) in [7, 11) is 1.50. The Hall–Kier alpha value is -1.75. The molecule has 22 heavy (non-hydrogen) atoms. The summed E-state index contributed by atoms with van der Waals surface area (Å²) >= 11 is 5.94. The third-order valence-electron chi connectivity index (χ3n) is 4.19. The molecule has 1 aromatic rings. The molecule has 0 bridgehead atoms. The van der Waals surface area contributed by atoms with Crippen LogP contribution in [0.1, 0.15) is 26.2 Å². The maximum Gasteiger partial charge on any atom is 0.307 e. The summed E-state index contributed by atoms with van der Waals surface area (Å²) in [6, 6.07) is 4.92. The smallest absolute Gasteiger partial charge is 0.307 e. The van der Waals surface area contributed by atoms with Crippen molar-refractivity contribution in [2.75, 3.05) is 12.4 Å². The first kappa shape index (κ1) is 16.6. The van der Waals surface area contributed by atoms with Crippen molar-refractivity contribution < 1.29 is 19.4 Å². The van der Waals surface area contributed by atoms with Gasteiger partial charge in [0.25, 0.3) is 0 Å². The summed E-state index contributed by atoms with van der Waals surface area (Å²) in [5.41, 5.74) is 0.461. The fraction of sp³-hybridized carbons (Fsp3) is 0.500. The summed E-state index contributed by atoms with van der Waals surface area (Å²) in [5.74, 6) is -1.56. The van der Waals surface area contributed by atoms with Gasteiger partial charge in [-0.1, -0.05) is 18.5 Å². The highest BCUT2D eigenvalue weighted by atomic mass is 35.5. The van der Waals surface area contributed by atoms with Crippen LogP contribution in [0.2, 0.25) is 5.02 Å². The maximum atomic E-state index is 12.5. The first-order valence-corrected chi connectivity index (χ1v) is 7.67. The number of anilines is 1. The Morgan fingerprint density at radius 3 is 2.68 bits per heavy atom. The minimum atomic E-state index is -0.912. The lowest BCUT2D eigenvalue weighted by atomic mass is 9.74. The maximum absolute atomic E-state index is 12.5. The number of benzene rings is 1. The van der Waals surface area contributed by atoms with Gasteiger partial charge in [-0.15, -0.1) is 0 Å². The van der Waals surface area contributed by atoms with Crippen LogP contribution in [0.4, 0.5) is 5.69 Å². The van der Waals surface area contributed by atoms with Gasteiger partial charge in [0, 0.05) is 5.02 Å². The molecule has 1 saturated carbocycles. The Morgan fingerprint density at radius 1 is 1.32 bits per heavy atom. The molecule has 1 aromatic carbocycles. The van der Waals surface area contributed by atoms with Crippen LogP contribution < -0.4 is 10.1 Å². The van der Waals surface area contributed by atoms with Crippen LogP contribution in [-0.2, 0) is 9.59 Å². The zero-order chi connectivity index (χ0) is 16.3. The number of hydrogen-bond acceptors (Lipinski definition) is 3. The van der Waals surface area contributed by atoms with E-state index in [9.17, 15) is 14.7 Å². The molecule has 2 rings (SSSR count). The fourth-order valence-corrected chi connectivity index (χ4v) is 3.14. The molecule has 3 unspecified atom stereocenters. The summed E-state index contributed by atoms with van der Waals surface area (Å²) in [6.07, 6.45) is 1.96. The molecule has 1 aliphatic carbocycles. The van der Waals surface area contributed by atoms with Crippen molar-refractivity contribution in [3.8, 4) is 5.75 Å². The number of carbonyl (C=O) groups is 2. The van der Waals surface area contributed by atoms with Crippen molar-refractivity contribution in [3.05, 3.63) is 23.2 Å². The fourth-order valence-electron chi connectivity index (χ4n) is 2.97. The van der Waals surface area contributed by atoms with Crippen molar-refractivity contribution in [1.82, 2.24) is 0 Å². The van der Waals surface area contributed by atoms with Crippen molar-refractivity contribution in [3.63, 3.8) is 0 Å². The van der Waals surface area contributed by atoms with Crippen LogP contribution in [0.5, 0.6) is 5.75 Å². The van der Waals surface area contributed by atoms with E-state index in [4.69, 9.17) is 16.3 Å². The average molecular weight is 326 g/mol. The predicted molar refractivity (Wildman–Crippen MR) is 84.3 cm³/mol. The van der Waals surface area contributed by atoms with Gasteiger partial charge in [0.2, 0.25) is 5.91 Å². The second-order valence-electron chi connectivity index (χ2n) is 5.80. The van der Waals surface area contributed by atoms with Crippen LogP contribution >= 0.6 is 11.6 Å². The summed E-state index contributed by atoms with van der Waals surface area (Å²) in [4.78, 5) is 23.9. The molecule has 5 nitrogen and oxygen atoms in total. The normalized spacial score (nSPS) is 24.6. The van der Waals surface area contributed by atoms with Gasteiger partial charge in [-0.05, 0) is 43.4 Å². The van der Waals surface area contributed by atoms with E-state index in [0.29, 0.717) is 35.2 Å². The van der Waals surface area contributed by atoms with Gasteiger partial charge in [0.1, 0.15) is 5.75 Å². The summed E-state index contributed by atoms with van der Waals surface area (Å²) in [6.45, 7) is 2.02. The van der Waals surface area contributed by atoms with E-state index >= 15 is 0 Å². The molecule has 0 aromatic heterocycles. The van der Waals surface area contributed by atoms with Gasteiger partial charge >= 0.3 is 5.97 Å². The second kappa shape index (κ2) is 7.01. The quantitative estimate of drug-likeness (QED) is 0.889. The van der Waals surface area contributed by atoms with Gasteiger partial charge < -0.3 is 15.2 Å². The van der Waals surface area contributed by atoms with E-state index in [1.807, 2.05) is 6.92 Å². The average Bonchev–Trinajstić information content (AvgIpc) is 2.47. The lowest BCUT2D eigenvalue weighted by Crippen LogP contribution is -2.38. The third kappa shape index (κ3) is 3.71. The minimum Gasteiger partial charge on any atom is -0.495 e. The first-order chi connectivity index (χ1) is 10.4. The number of methoxy groups -OCH3 is 1. The highest BCUT2D eigenvalue weighted by molar-refractivity contribution is 6.31. The number of rotatable bonds is 4. The molecule has 120 valence electrons. The first-order valence-electron chi connectivity index (χ1n) is 7.29. The Balaban J connectivity index is 2.17. The van der Waals surface area contributed by atoms with E-state index < -0.39 is 17.8 Å². The number of ether oxygens (including phenoxy) is 1. The Morgan fingerprint density at radius 2 is 2.05 bits per heavy atom. The highest BCUT2D eigenvalue weighted by Crippen LogP contribution is 2.36. The zero-order valence-electron chi connectivity index (χ0n) is 12.6. The molecular weight excluding hydrogens is 306 g/mol. The lowest BCUT2D eigenvalue weighted by Gasteiger charge is -2.31. The number of amides is 1. The zero-order valence-corrected chi connectivity index (χ0v) is 13.4. The van der Waals surface area contributed by atoms with Gasteiger partial charge in [0.05, 0.1) is 24.6 Å². The number of halogens is 1. The van der Waals surface area contributed by atoms with Crippen LogP contribution in [0, 0.1) is 17.8 Å². The second-order valence-corrected chi connectivity index (χ2v) is 6.24. The van der Waals surface area contributed by atoms with E-state index in [1.54, 1.807) is 18.2 Å². The van der Waals surface area contributed by atoms with Crippen LogP contribution in [-0.4, -0.2) is 24.1 Å². The molecule has 1 amide bonds. The predicted octanol–water partition coefficient (Wildman–Crippen LogP) is 3.42. The lowest BCUT2D eigenvalue weighted by molar-refractivity contribution is -0.148. The van der Waals surface area contributed by atoms with Crippen molar-refractivity contribution in [2.45, 2.75) is 26.2 Å². The Labute approximate surface area is 134 Å². The third-order valence-corrected chi connectivity index (χ3v) is 4.42. The van der Waals surface area contributed by atoms with E-state index in [2.05, 4.69) is 5.32 Å². The van der Waals surface area contributed by atoms with Gasteiger partial charge in [-0.3, -0.25) is 9.59 Å². The van der Waals surface area contributed by atoms with Gasteiger partial charge in [0.15, 0.2) is 0 Å². The van der Waals surface area contributed by atoms with Crippen molar-refractivity contribution in [1.29, 1.82) is 0 Å². The molecule has 0 saturated heterocycles. The molecule has 1 aliphatic rings. The standard InChI is InChI=1S/C16H20ClNO4/c1-9-3-5-11(12(7-9)16(20)21)15(19)18-13-8-10(17)4-6-14(13)22-2/h4,6,8-9,11-12H,3,5,7H2,1-2H3,(H,18,19)(H,20,21). The molecule has 3 atom stereocenters. The number of aliphatic carboxylic acids is 1. The molecule has 2 N–H and O–H groups in total. The summed E-state index contributed by atoms with van der Waals surface area (Å²) in [5, 5.41) is 12.6. The number of carboxylic acid groups (broad SMARTS) is 1. The molecule has 6 heteroatoms. The van der Waals surface area contributed by atoms with Gasteiger partial charge in [-0.25, -0.2) is 0 Å². The monoisotopic (exact) mass is 325 g/mol. The number of carbonyl (C=O) groups excluding carboxylic acids is 1. The Bertz CT molecular complexity index is 575. The molecule has 0 aliphatic heterocycles. The molecule has 1 fully saturated rings. The molecular formula is C16H20ClNO4. The highest BCUT2D eigenvalue weighted by Gasteiger charge is 2.38. The number of carboxylic acids is 1. The van der Waals surface area contributed by atoms with Gasteiger partial charge in [-0.2, -0.15) is 0 Å². The molecule has 0 heterocycles.